The lowest BCUT2D eigenvalue weighted by Gasteiger charge is -2.24. The molecule has 20 heavy (non-hydrogen) atoms. The summed E-state index contributed by atoms with van der Waals surface area (Å²) >= 11 is 0. The standard InChI is InChI=1S/C14H25N3O3/c1-2-10-3-6-13(18)17(8-7-10)9-11-4-5-12(20-11)14(19)16-15/h10-12H,2-9,15H2,1H3,(H,16,19). The van der Waals surface area contributed by atoms with Crippen molar-refractivity contribution in [3.8, 4) is 0 Å². The van der Waals surface area contributed by atoms with Gasteiger partial charge in [0, 0.05) is 19.5 Å². The van der Waals surface area contributed by atoms with Crippen molar-refractivity contribution in [2.75, 3.05) is 13.1 Å². The van der Waals surface area contributed by atoms with Crippen LogP contribution in [0.3, 0.4) is 0 Å². The maximum absolute atomic E-state index is 12.1. The second kappa shape index (κ2) is 7.04. The van der Waals surface area contributed by atoms with Crippen LogP contribution in [0, 0.1) is 5.92 Å². The number of rotatable bonds is 4. The Labute approximate surface area is 120 Å². The molecular formula is C14H25N3O3. The van der Waals surface area contributed by atoms with Gasteiger partial charge in [-0.15, -0.1) is 0 Å². The van der Waals surface area contributed by atoms with E-state index in [0.29, 0.717) is 25.3 Å². The van der Waals surface area contributed by atoms with E-state index in [1.807, 2.05) is 4.90 Å². The maximum atomic E-state index is 12.1. The number of carbonyl (C=O) groups is 2. The first kappa shape index (κ1) is 15.3. The van der Waals surface area contributed by atoms with Crippen LogP contribution in [0.1, 0.15) is 45.4 Å². The molecule has 2 rings (SSSR count). The zero-order valence-electron chi connectivity index (χ0n) is 12.1. The average Bonchev–Trinajstić information content (AvgIpc) is 2.85. The lowest BCUT2D eigenvalue weighted by Crippen LogP contribution is -2.41. The minimum atomic E-state index is -0.463. The summed E-state index contributed by atoms with van der Waals surface area (Å²) in [6.45, 7) is 3.59. The number of hydrogen-bond acceptors (Lipinski definition) is 4. The van der Waals surface area contributed by atoms with Gasteiger partial charge in [0.1, 0.15) is 6.10 Å². The molecular weight excluding hydrogens is 258 g/mol. The minimum absolute atomic E-state index is 0.0422. The molecule has 0 aliphatic carbocycles. The Morgan fingerprint density at radius 3 is 2.90 bits per heavy atom. The molecule has 114 valence electrons. The van der Waals surface area contributed by atoms with E-state index in [1.54, 1.807) is 0 Å². The topological polar surface area (TPSA) is 84.7 Å². The minimum Gasteiger partial charge on any atom is -0.363 e. The molecule has 2 aliphatic heterocycles. The molecule has 0 saturated carbocycles. The summed E-state index contributed by atoms with van der Waals surface area (Å²) in [5, 5.41) is 0. The maximum Gasteiger partial charge on any atom is 0.263 e. The molecule has 0 spiro atoms. The van der Waals surface area contributed by atoms with Crippen molar-refractivity contribution in [3.63, 3.8) is 0 Å². The van der Waals surface area contributed by atoms with Gasteiger partial charge in [-0.25, -0.2) is 5.84 Å². The van der Waals surface area contributed by atoms with E-state index in [2.05, 4.69) is 12.3 Å². The lowest BCUT2D eigenvalue weighted by atomic mass is 9.98. The van der Waals surface area contributed by atoms with E-state index in [9.17, 15) is 9.59 Å². The highest BCUT2D eigenvalue weighted by Crippen LogP contribution is 2.24. The SMILES string of the molecule is CCC1CCC(=O)N(CC2CCC(C(=O)NN)O2)CC1. The number of likely N-dealkylation sites (tertiary alicyclic amines) is 1. The highest BCUT2D eigenvalue weighted by atomic mass is 16.5. The lowest BCUT2D eigenvalue weighted by molar-refractivity contribution is -0.135. The van der Waals surface area contributed by atoms with Crippen LogP contribution in [0.15, 0.2) is 0 Å². The molecule has 3 unspecified atom stereocenters. The predicted molar refractivity (Wildman–Crippen MR) is 74.4 cm³/mol. The number of ether oxygens (including phenoxy) is 1. The molecule has 6 nitrogen and oxygen atoms in total. The zero-order valence-corrected chi connectivity index (χ0v) is 12.1. The first-order valence-corrected chi connectivity index (χ1v) is 7.57. The number of hydrogen-bond donors (Lipinski definition) is 2. The number of carbonyl (C=O) groups excluding carboxylic acids is 2. The second-order valence-corrected chi connectivity index (χ2v) is 5.77. The molecule has 0 bridgehead atoms. The van der Waals surface area contributed by atoms with E-state index < -0.39 is 6.10 Å². The van der Waals surface area contributed by atoms with Crippen molar-refractivity contribution in [1.29, 1.82) is 0 Å². The monoisotopic (exact) mass is 283 g/mol. The molecule has 0 aromatic rings. The number of nitrogens with one attached hydrogen (secondary N) is 1. The van der Waals surface area contributed by atoms with Crippen LogP contribution in [-0.2, 0) is 14.3 Å². The van der Waals surface area contributed by atoms with Crippen LogP contribution in [0.5, 0.6) is 0 Å². The molecule has 2 saturated heterocycles. The number of nitrogens with two attached hydrogens (primary N) is 1. The van der Waals surface area contributed by atoms with Crippen LogP contribution in [0.2, 0.25) is 0 Å². The summed E-state index contributed by atoms with van der Waals surface area (Å²) in [4.78, 5) is 25.4. The Morgan fingerprint density at radius 1 is 1.40 bits per heavy atom. The highest BCUT2D eigenvalue weighted by Gasteiger charge is 2.33. The number of nitrogens with zero attached hydrogens (tertiary/aromatic N) is 1. The van der Waals surface area contributed by atoms with Crippen molar-refractivity contribution < 1.29 is 14.3 Å². The van der Waals surface area contributed by atoms with Crippen molar-refractivity contribution in [2.45, 2.75) is 57.7 Å². The normalized spacial score (nSPS) is 31.2. The van der Waals surface area contributed by atoms with Crippen molar-refractivity contribution in [1.82, 2.24) is 10.3 Å². The second-order valence-electron chi connectivity index (χ2n) is 5.77. The Morgan fingerprint density at radius 2 is 2.20 bits per heavy atom. The van der Waals surface area contributed by atoms with Crippen LogP contribution in [-0.4, -0.2) is 42.0 Å². The van der Waals surface area contributed by atoms with Gasteiger partial charge in [-0.05, 0) is 31.6 Å². The third kappa shape index (κ3) is 3.70. The molecule has 2 fully saturated rings. The van der Waals surface area contributed by atoms with Gasteiger partial charge in [-0.1, -0.05) is 13.3 Å². The van der Waals surface area contributed by atoms with E-state index in [0.717, 1.165) is 32.2 Å². The van der Waals surface area contributed by atoms with Gasteiger partial charge in [0.15, 0.2) is 0 Å². The Balaban J connectivity index is 1.84. The molecule has 0 aromatic heterocycles. The van der Waals surface area contributed by atoms with Crippen molar-refractivity contribution in [3.05, 3.63) is 0 Å². The Bertz CT molecular complexity index is 362. The summed E-state index contributed by atoms with van der Waals surface area (Å²) < 4.78 is 5.67. The van der Waals surface area contributed by atoms with Gasteiger partial charge in [-0.2, -0.15) is 0 Å². The molecule has 0 radical (unpaired) electrons. The van der Waals surface area contributed by atoms with E-state index in [-0.39, 0.29) is 17.9 Å². The third-order valence-electron chi connectivity index (χ3n) is 4.47. The smallest absolute Gasteiger partial charge is 0.263 e. The third-order valence-corrected chi connectivity index (χ3v) is 4.47. The summed E-state index contributed by atoms with van der Waals surface area (Å²) in [5.74, 6) is 5.71. The molecule has 2 aliphatic rings. The molecule has 6 heteroatoms. The average molecular weight is 283 g/mol. The predicted octanol–water partition coefficient (Wildman–Crippen LogP) is 0.563. The fraction of sp³-hybridized carbons (Fsp3) is 0.857. The summed E-state index contributed by atoms with van der Waals surface area (Å²) in [7, 11) is 0. The van der Waals surface area contributed by atoms with Gasteiger partial charge >= 0.3 is 0 Å². The van der Waals surface area contributed by atoms with Crippen molar-refractivity contribution >= 4 is 11.8 Å². The van der Waals surface area contributed by atoms with Crippen LogP contribution in [0.25, 0.3) is 0 Å². The highest BCUT2D eigenvalue weighted by molar-refractivity contribution is 5.80. The van der Waals surface area contributed by atoms with Crippen molar-refractivity contribution in [2.24, 2.45) is 11.8 Å². The first-order valence-electron chi connectivity index (χ1n) is 7.57. The molecule has 0 aromatic carbocycles. The number of hydrazine groups is 1. The molecule has 2 heterocycles. The Kier molecular flexibility index (Phi) is 5.37. The Hall–Kier alpha value is -1.14. The zero-order chi connectivity index (χ0) is 14.5. The van der Waals surface area contributed by atoms with Crippen LogP contribution in [0.4, 0.5) is 0 Å². The van der Waals surface area contributed by atoms with Gasteiger partial charge in [-0.3, -0.25) is 15.0 Å². The summed E-state index contributed by atoms with van der Waals surface area (Å²) in [6, 6.07) is 0. The van der Waals surface area contributed by atoms with Gasteiger partial charge in [0.25, 0.3) is 5.91 Å². The van der Waals surface area contributed by atoms with E-state index >= 15 is 0 Å². The van der Waals surface area contributed by atoms with Crippen LogP contribution >= 0.6 is 0 Å². The van der Waals surface area contributed by atoms with Gasteiger partial charge in [0.05, 0.1) is 6.10 Å². The number of amides is 2. The fourth-order valence-corrected chi connectivity index (χ4v) is 3.07. The molecule has 2 amide bonds. The van der Waals surface area contributed by atoms with Gasteiger partial charge < -0.3 is 9.64 Å². The van der Waals surface area contributed by atoms with E-state index in [4.69, 9.17) is 10.6 Å². The van der Waals surface area contributed by atoms with E-state index in [1.165, 1.54) is 0 Å². The fourth-order valence-electron chi connectivity index (χ4n) is 3.07. The quantitative estimate of drug-likeness (QED) is 0.448. The van der Waals surface area contributed by atoms with Gasteiger partial charge in [0.2, 0.25) is 5.91 Å². The summed E-state index contributed by atoms with van der Waals surface area (Å²) in [5.41, 5.74) is 2.12. The molecule has 3 atom stereocenters. The largest absolute Gasteiger partial charge is 0.363 e. The molecule has 3 N–H and O–H groups in total. The van der Waals surface area contributed by atoms with Crippen LogP contribution < -0.4 is 11.3 Å². The first-order chi connectivity index (χ1) is 9.63. The summed E-state index contributed by atoms with van der Waals surface area (Å²) in [6.07, 6.45) is 4.82.